The van der Waals surface area contributed by atoms with E-state index in [9.17, 15) is 4.79 Å². The third kappa shape index (κ3) is 4.95. The van der Waals surface area contributed by atoms with Gasteiger partial charge in [0.15, 0.2) is 11.2 Å². The molecule has 0 heterocycles. The molecule has 26 heavy (non-hydrogen) atoms. The Balaban J connectivity index is 1.88. The van der Waals surface area contributed by atoms with Crippen molar-refractivity contribution in [2.24, 2.45) is 0 Å². The number of thiocarbonyl (C=S) groups is 1. The molecule has 0 spiro atoms. The van der Waals surface area contributed by atoms with Gasteiger partial charge >= 0.3 is 0 Å². The lowest BCUT2D eigenvalue weighted by Crippen LogP contribution is -2.48. The molecule has 0 radical (unpaired) electrons. The molecule has 0 saturated carbocycles. The van der Waals surface area contributed by atoms with E-state index < -0.39 is 6.10 Å². The molecule has 3 N–H and O–H groups in total. The number of ether oxygens (including phenoxy) is 1. The predicted molar refractivity (Wildman–Crippen MR) is 109 cm³/mol. The number of amides is 1. The highest BCUT2D eigenvalue weighted by Crippen LogP contribution is 2.21. The van der Waals surface area contributed by atoms with Gasteiger partial charge in [0.25, 0.3) is 5.91 Å². The fourth-order valence-corrected chi connectivity index (χ4v) is 2.52. The molecule has 0 bridgehead atoms. The summed E-state index contributed by atoms with van der Waals surface area (Å²) >= 11 is 5.23. The van der Waals surface area contributed by atoms with Gasteiger partial charge in [-0.05, 0) is 81.2 Å². The molecule has 2 rings (SSSR count). The number of anilines is 1. The van der Waals surface area contributed by atoms with E-state index in [2.05, 4.69) is 16.2 Å². The highest BCUT2D eigenvalue weighted by atomic mass is 32.1. The van der Waals surface area contributed by atoms with E-state index in [-0.39, 0.29) is 5.91 Å². The van der Waals surface area contributed by atoms with Crippen molar-refractivity contribution in [3.63, 3.8) is 0 Å². The number of carbonyl (C=O) groups is 1. The molecule has 2 aromatic carbocycles. The van der Waals surface area contributed by atoms with Crippen LogP contribution < -0.4 is 20.9 Å². The molecular formula is C20H25N3O2S. The second kappa shape index (κ2) is 8.67. The number of carbonyl (C=O) groups excluding carboxylic acids is 1. The van der Waals surface area contributed by atoms with Crippen LogP contribution in [-0.2, 0) is 4.79 Å². The summed E-state index contributed by atoms with van der Waals surface area (Å²) < 4.78 is 5.76. The van der Waals surface area contributed by atoms with Gasteiger partial charge < -0.3 is 10.1 Å². The van der Waals surface area contributed by atoms with Crippen LogP contribution in [0.5, 0.6) is 5.75 Å². The van der Waals surface area contributed by atoms with Crippen molar-refractivity contribution in [2.45, 2.75) is 40.7 Å². The molecule has 0 unspecified atom stereocenters. The third-order valence-corrected chi connectivity index (χ3v) is 4.58. The van der Waals surface area contributed by atoms with Crippen molar-refractivity contribution in [1.82, 2.24) is 10.9 Å². The lowest BCUT2D eigenvalue weighted by molar-refractivity contribution is -0.127. The van der Waals surface area contributed by atoms with Crippen LogP contribution in [0.3, 0.4) is 0 Å². The van der Waals surface area contributed by atoms with Crippen molar-refractivity contribution in [3.8, 4) is 5.75 Å². The van der Waals surface area contributed by atoms with Gasteiger partial charge in [-0.15, -0.1) is 0 Å². The summed E-state index contributed by atoms with van der Waals surface area (Å²) in [6, 6.07) is 11.7. The van der Waals surface area contributed by atoms with Gasteiger partial charge in [0.1, 0.15) is 5.75 Å². The molecule has 5 nitrogen and oxygen atoms in total. The maximum Gasteiger partial charge on any atom is 0.279 e. The molecule has 6 heteroatoms. The van der Waals surface area contributed by atoms with Crippen LogP contribution in [0, 0.1) is 27.7 Å². The van der Waals surface area contributed by atoms with Crippen molar-refractivity contribution < 1.29 is 9.53 Å². The fourth-order valence-electron chi connectivity index (χ4n) is 2.36. The van der Waals surface area contributed by atoms with Gasteiger partial charge in [0.2, 0.25) is 0 Å². The Hall–Kier alpha value is -2.60. The van der Waals surface area contributed by atoms with Gasteiger partial charge in [-0.1, -0.05) is 24.3 Å². The van der Waals surface area contributed by atoms with E-state index in [0.29, 0.717) is 10.9 Å². The molecular weight excluding hydrogens is 346 g/mol. The molecule has 1 atom stereocenters. The zero-order valence-corrected chi connectivity index (χ0v) is 16.6. The second-order valence-electron chi connectivity index (χ2n) is 6.27. The summed E-state index contributed by atoms with van der Waals surface area (Å²) in [4.78, 5) is 12.2. The Bertz CT molecular complexity index is 821. The Labute approximate surface area is 160 Å². The van der Waals surface area contributed by atoms with Crippen LogP contribution in [0.4, 0.5) is 5.69 Å². The van der Waals surface area contributed by atoms with Crippen molar-refractivity contribution in [2.75, 3.05) is 5.32 Å². The van der Waals surface area contributed by atoms with Crippen LogP contribution in [0.25, 0.3) is 0 Å². The maximum atomic E-state index is 12.2. The summed E-state index contributed by atoms with van der Waals surface area (Å²) in [5.74, 6) is 0.389. The van der Waals surface area contributed by atoms with Crippen molar-refractivity contribution in [1.29, 1.82) is 0 Å². The molecule has 0 saturated heterocycles. The first-order valence-corrected chi connectivity index (χ1v) is 8.86. The van der Waals surface area contributed by atoms with Gasteiger partial charge in [-0.25, -0.2) is 0 Å². The first kappa shape index (κ1) is 19.7. The topological polar surface area (TPSA) is 62.4 Å². The van der Waals surface area contributed by atoms with E-state index in [1.54, 1.807) is 6.92 Å². The number of hydrazine groups is 1. The summed E-state index contributed by atoms with van der Waals surface area (Å²) in [5, 5.41) is 3.39. The average Bonchev–Trinajstić information content (AvgIpc) is 2.60. The van der Waals surface area contributed by atoms with Crippen LogP contribution in [-0.4, -0.2) is 17.1 Å². The van der Waals surface area contributed by atoms with Crippen molar-refractivity contribution >= 4 is 28.9 Å². The van der Waals surface area contributed by atoms with E-state index in [4.69, 9.17) is 17.0 Å². The number of hydrogen-bond donors (Lipinski definition) is 3. The summed E-state index contributed by atoms with van der Waals surface area (Å²) in [6.07, 6.45) is -0.661. The summed E-state index contributed by atoms with van der Waals surface area (Å²) in [5.41, 5.74) is 10.6. The van der Waals surface area contributed by atoms with Gasteiger partial charge in [0.05, 0.1) is 0 Å². The van der Waals surface area contributed by atoms with Gasteiger partial charge in [-0.3, -0.25) is 15.6 Å². The zero-order chi connectivity index (χ0) is 19.3. The Morgan fingerprint density at radius 2 is 1.58 bits per heavy atom. The minimum atomic E-state index is -0.661. The predicted octanol–water partition coefficient (Wildman–Crippen LogP) is 3.71. The summed E-state index contributed by atoms with van der Waals surface area (Å²) in [6.45, 7) is 9.71. The molecule has 0 aliphatic carbocycles. The van der Waals surface area contributed by atoms with Crippen LogP contribution in [0.2, 0.25) is 0 Å². The Morgan fingerprint density at radius 1 is 0.962 bits per heavy atom. The summed E-state index contributed by atoms with van der Waals surface area (Å²) in [7, 11) is 0. The Morgan fingerprint density at radius 3 is 2.27 bits per heavy atom. The first-order chi connectivity index (χ1) is 12.3. The highest BCUT2D eigenvalue weighted by molar-refractivity contribution is 7.80. The van der Waals surface area contributed by atoms with E-state index in [1.165, 1.54) is 0 Å². The van der Waals surface area contributed by atoms with E-state index >= 15 is 0 Å². The van der Waals surface area contributed by atoms with Crippen molar-refractivity contribution in [3.05, 3.63) is 58.7 Å². The average molecular weight is 372 g/mol. The lowest BCUT2D eigenvalue weighted by atomic mass is 10.1. The minimum Gasteiger partial charge on any atom is -0.481 e. The third-order valence-electron chi connectivity index (χ3n) is 4.38. The second-order valence-corrected chi connectivity index (χ2v) is 6.68. The van der Waals surface area contributed by atoms with Crippen LogP contribution in [0.1, 0.15) is 29.2 Å². The zero-order valence-electron chi connectivity index (χ0n) is 15.8. The molecule has 0 aliphatic rings. The van der Waals surface area contributed by atoms with Gasteiger partial charge in [-0.2, -0.15) is 0 Å². The monoisotopic (exact) mass is 371 g/mol. The molecule has 0 aromatic heterocycles. The minimum absolute atomic E-state index is 0.309. The molecule has 0 aliphatic heterocycles. The number of rotatable bonds is 4. The van der Waals surface area contributed by atoms with Crippen LogP contribution in [0.15, 0.2) is 36.4 Å². The quantitative estimate of drug-likeness (QED) is 0.565. The highest BCUT2D eigenvalue weighted by Gasteiger charge is 2.16. The lowest BCUT2D eigenvalue weighted by Gasteiger charge is -2.18. The smallest absolute Gasteiger partial charge is 0.279 e. The molecule has 138 valence electrons. The van der Waals surface area contributed by atoms with E-state index in [1.807, 2.05) is 64.1 Å². The normalized spacial score (nSPS) is 11.4. The van der Waals surface area contributed by atoms with Gasteiger partial charge in [0, 0.05) is 5.69 Å². The molecule has 1 amide bonds. The Kier molecular flexibility index (Phi) is 6.58. The number of nitrogens with one attached hydrogen (secondary N) is 3. The SMILES string of the molecule is Cc1cccc(NC(=S)NNC(=O)[C@@H](C)Oc2cccc(C)c2C)c1C. The number of benzene rings is 2. The maximum absolute atomic E-state index is 12.2. The fraction of sp³-hybridized carbons (Fsp3) is 0.300. The largest absolute Gasteiger partial charge is 0.481 e. The first-order valence-electron chi connectivity index (χ1n) is 8.45. The molecule has 2 aromatic rings. The number of aryl methyl sites for hydroxylation is 2. The van der Waals surface area contributed by atoms with E-state index in [0.717, 1.165) is 27.9 Å². The standard InChI is InChI=1S/C20H25N3O2S/c1-12-8-6-10-17(14(12)3)21-20(26)23-22-19(24)16(5)25-18-11-7-9-13(2)15(18)4/h6-11,16H,1-5H3,(H,22,24)(H2,21,23,26)/t16-/m1/s1. The number of hydrogen-bond acceptors (Lipinski definition) is 3. The molecule has 0 fully saturated rings. The van der Waals surface area contributed by atoms with Crippen LogP contribution >= 0.6 is 12.2 Å².